The minimum absolute atomic E-state index is 0.123. The van der Waals surface area contributed by atoms with E-state index in [-0.39, 0.29) is 17.3 Å². The Morgan fingerprint density at radius 2 is 1.81 bits per heavy atom. The van der Waals surface area contributed by atoms with Crippen LogP contribution in [0, 0.1) is 0 Å². The maximum absolute atomic E-state index is 12.9. The second kappa shape index (κ2) is 7.81. The minimum Gasteiger partial charge on any atom is -0.459 e. The van der Waals surface area contributed by atoms with Crippen LogP contribution in [0.25, 0.3) is 39.0 Å². The van der Waals surface area contributed by atoms with Gasteiger partial charge in [0.15, 0.2) is 0 Å². The number of para-hydroxylation sites is 1. The molecule has 0 saturated carbocycles. The zero-order valence-corrected chi connectivity index (χ0v) is 17.6. The zero-order chi connectivity index (χ0) is 22.2. The average molecular weight is 428 g/mol. The van der Waals surface area contributed by atoms with Gasteiger partial charge in [0, 0.05) is 29.8 Å². The lowest BCUT2D eigenvalue weighted by Gasteiger charge is -2.09. The SMILES string of the molecule is CCCOC(=O)c1nc(-c2ccc(-n3c(=O)ccc4c3c3ccccc3n4C)cc2)no1. The molecule has 0 amide bonds. The van der Waals surface area contributed by atoms with E-state index in [0.717, 1.165) is 21.9 Å². The van der Waals surface area contributed by atoms with Gasteiger partial charge in [-0.15, -0.1) is 0 Å². The number of esters is 1. The lowest BCUT2D eigenvalue weighted by Crippen LogP contribution is -2.17. The summed E-state index contributed by atoms with van der Waals surface area (Å²) < 4.78 is 13.8. The maximum atomic E-state index is 12.9. The number of hydrogen-bond acceptors (Lipinski definition) is 6. The van der Waals surface area contributed by atoms with Gasteiger partial charge in [-0.05, 0) is 42.8 Å². The predicted molar refractivity (Wildman–Crippen MR) is 120 cm³/mol. The highest BCUT2D eigenvalue weighted by Gasteiger charge is 2.18. The summed E-state index contributed by atoms with van der Waals surface area (Å²) in [6, 6.07) is 18.6. The van der Waals surface area contributed by atoms with E-state index in [2.05, 4.69) is 14.7 Å². The van der Waals surface area contributed by atoms with Crippen molar-refractivity contribution in [2.45, 2.75) is 13.3 Å². The molecule has 0 saturated heterocycles. The van der Waals surface area contributed by atoms with Crippen molar-refractivity contribution in [2.75, 3.05) is 6.61 Å². The Kier molecular flexibility index (Phi) is 4.82. The number of aromatic nitrogens is 4. The highest BCUT2D eigenvalue weighted by atomic mass is 16.6. The fourth-order valence-electron chi connectivity index (χ4n) is 3.85. The number of rotatable bonds is 5. The van der Waals surface area contributed by atoms with E-state index in [1.165, 1.54) is 0 Å². The average Bonchev–Trinajstić information content (AvgIpc) is 3.42. The molecule has 0 bridgehead atoms. The first-order valence-corrected chi connectivity index (χ1v) is 10.3. The van der Waals surface area contributed by atoms with Crippen molar-refractivity contribution in [3.63, 3.8) is 0 Å². The largest absolute Gasteiger partial charge is 0.459 e. The zero-order valence-electron chi connectivity index (χ0n) is 17.6. The highest BCUT2D eigenvalue weighted by molar-refractivity contribution is 6.06. The van der Waals surface area contributed by atoms with Gasteiger partial charge in [0.05, 0.1) is 23.2 Å². The van der Waals surface area contributed by atoms with Crippen molar-refractivity contribution in [3.05, 3.63) is 76.9 Å². The van der Waals surface area contributed by atoms with Gasteiger partial charge in [-0.1, -0.05) is 30.3 Å². The molecule has 0 aliphatic carbocycles. The first kappa shape index (κ1) is 19.7. The van der Waals surface area contributed by atoms with Crippen molar-refractivity contribution < 1.29 is 14.1 Å². The van der Waals surface area contributed by atoms with Crippen LogP contribution in [0.3, 0.4) is 0 Å². The summed E-state index contributed by atoms with van der Waals surface area (Å²) in [6.45, 7) is 2.19. The molecular weight excluding hydrogens is 408 g/mol. The van der Waals surface area contributed by atoms with E-state index in [9.17, 15) is 9.59 Å². The van der Waals surface area contributed by atoms with Gasteiger partial charge in [-0.25, -0.2) is 4.79 Å². The smallest absolute Gasteiger partial charge is 0.397 e. The quantitative estimate of drug-likeness (QED) is 0.392. The Bertz CT molecular complexity index is 1510. The van der Waals surface area contributed by atoms with E-state index in [4.69, 9.17) is 9.26 Å². The van der Waals surface area contributed by atoms with Crippen molar-refractivity contribution in [1.82, 2.24) is 19.3 Å². The van der Waals surface area contributed by atoms with Gasteiger partial charge in [0.2, 0.25) is 5.82 Å². The third-order valence-corrected chi connectivity index (χ3v) is 5.37. The molecular formula is C24H20N4O4. The highest BCUT2D eigenvalue weighted by Crippen LogP contribution is 2.29. The van der Waals surface area contributed by atoms with Crippen LogP contribution in [0.4, 0.5) is 0 Å². The van der Waals surface area contributed by atoms with Crippen LogP contribution in [0.5, 0.6) is 0 Å². The summed E-state index contributed by atoms with van der Waals surface area (Å²) in [7, 11) is 1.99. The molecule has 8 heteroatoms. The molecule has 160 valence electrons. The molecule has 0 spiro atoms. The van der Waals surface area contributed by atoms with Crippen LogP contribution in [-0.4, -0.2) is 31.9 Å². The summed E-state index contributed by atoms with van der Waals surface area (Å²) in [5.74, 6) is -0.554. The van der Waals surface area contributed by atoms with E-state index in [1.54, 1.807) is 22.8 Å². The Morgan fingerprint density at radius 3 is 2.59 bits per heavy atom. The van der Waals surface area contributed by atoms with E-state index >= 15 is 0 Å². The third-order valence-electron chi connectivity index (χ3n) is 5.37. The van der Waals surface area contributed by atoms with Crippen molar-refractivity contribution in [3.8, 4) is 17.1 Å². The molecule has 0 unspecified atom stereocenters. The number of hydrogen-bond donors (Lipinski definition) is 0. The van der Waals surface area contributed by atoms with Gasteiger partial charge < -0.3 is 13.8 Å². The van der Waals surface area contributed by atoms with Crippen molar-refractivity contribution in [2.24, 2.45) is 7.05 Å². The lowest BCUT2D eigenvalue weighted by molar-refractivity contribution is 0.0449. The lowest BCUT2D eigenvalue weighted by atomic mass is 10.1. The van der Waals surface area contributed by atoms with E-state index < -0.39 is 5.97 Å². The van der Waals surface area contributed by atoms with Crippen LogP contribution in [0.2, 0.25) is 0 Å². The normalized spacial score (nSPS) is 11.3. The predicted octanol–water partition coefficient (Wildman–Crippen LogP) is 4.10. The van der Waals surface area contributed by atoms with Crippen LogP contribution >= 0.6 is 0 Å². The van der Waals surface area contributed by atoms with E-state index in [0.29, 0.717) is 24.3 Å². The Balaban J connectivity index is 1.56. The second-order valence-corrected chi connectivity index (χ2v) is 7.42. The van der Waals surface area contributed by atoms with Crippen molar-refractivity contribution >= 4 is 27.9 Å². The number of carbonyl (C=O) groups excluding carboxylic acids is 1. The number of nitrogens with zero attached hydrogens (tertiary/aromatic N) is 4. The number of ether oxygens (including phenoxy) is 1. The molecule has 0 fully saturated rings. The van der Waals surface area contributed by atoms with Gasteiger partial charge in [-0.2, -0.15) is 4.98 Å². The Hall–Kier alpha value is -4.20. The first-order valence-electron chi connectivity index (χ1n) is 10.3. The topological polar surface area (TPSA) is 92.2 Å². The molecule has 0 aliphatic heterocycles. The maximum Gasteiger partial charge on any atom is 0.397 e. The number of fused-ring (bicyclic) bond motifs is 3. The van der Waals surface area contributed by atoms with E-state index in [1.807, 2.05) is 56.4 Å². The Morgan fingerprint density at radius 1 is 1.03 bits per heavy atom. The fourth-order valence-corrected chi connectivity index (χ4v) is 3.85. The molecule has 2 aromatic carbocycles. The van der Waals surface area contributed by atoms with Crippen molar-refractivity contribution in [1.29, 1.82) is 0 Å². The van der Waals surface area contributed by atoms with Crippen LogP contribution in [0.15, 0.2) is 70.0 Å². The van der Waals surface area contributed by atoms with Crippen LogP contribution < -0.4 is 5.56 Å². The minimum atomic E-state index is -0.642. The number of benzene rings is 2. The molecule has 5 aromatic rings. The standard InChI is InChI=1S/C24H20N4O4/c1-3-14-31-24(30)23-25-22(26-32-23)15-8-10-16(11-9-15)28-20(29)13-12-19-21(28)17-6-4-5-7-18(17)27(19)2/h4-13H,3,14H2,1-2H3. The monoisotopic (exact) mass is 428 g/mol. The summed E-state index contributed by atoms with van der Waals surface area (Å²) >= 11 is 0. The van der Waals surface area contributed by atoms with Gasteiger partial charge in [-0.3, -0.25) is 9.36 Å². The summed E-state index contributed by atoms with van der Waals surface area (Å²) in [4.78, 5) is 28.9. The van der Waals surface area contributed by atoms with Gasteiger partial charge in [0.1, 0.15) is 0 Å². The second-order valence-electron chi connectivity index (χ2n) is 7.42. The summed E-state index contributed by atoms with van der Waals surface area (Å²) in [6.07, 6.45) is 0.705. The summed E-state index contributed by atoms with van der Waals surface area (Å²) in [5.41, 5.74) is 4.11. The number of pyridine rings is 1. The van der Waals surface area contributed by atoms with Gasteiger partial charge >= 0.3 is 11.9 Å². The molecule has 32 heavy (non-hydrogen) atoms. The Labute approximate surface area is 182 Å². The molecule has 0 aliphatic rings. The summed E-state index contributed by atoms with van der Waals surface area (Å²) in [5, 5.41) is 4.87. The van der Waals surface area contributed by atoms with Crippen LogP contribution in [0.1, 0.15) is 24.0 Å². The fraction of sp³-hybridized carbons (Fsp3) is 0.167. The number of aryl methyl sites for hydroxylation is 1. The van der Waals surface area contributed by atoms with Crippen LogP contribution in [-0.2, 0) is 11.8 Å². The molecule has 3 heterocycles. The molecule has 3 aromatic heterocycles. The molecule has 0 atom stereocenters. The molecule has 5 rings (SSSR count). The first-order chi connectivity index (χ1) is 15.6. The molecule has 0 radical (unpaired) electrons. The molecule has 8 nitrogen and oxygen atoms in total. The number of carbonyl (C=O) groups is 1. The van der Waals surface area contributed by atoms with Gasteiger partial charge in [0.25, 0.3) is 5.56 Å². The molecule has 0 N–H and O–H groups in total. The third kappa shape index (κ3) is 3.17.